The van der Waals surface area contributed by atoms with Gasteiger partial charge >= 0.3 is 0 Å². The molecule has 26 nitrogen and oxygen atoms in total. The smallest absolute Gasteiger partial charge is 0.242 e. The maximum Gasteiger partial charge on any atom is 0.242 e. The number of amides is 11. The number of carbonyl (C=O) groups is 11. The van der Waals surface area contributed by atoms with E-state index in [2.05, 4.69) is 33.0 Å². The molecule has 0 aliphatic rings. The van der Waals surface area contributed by atoms with E-state index in [0.29, 0.717) is 77.7 Å². The van der Waals surface area contributed by atoms with Crippen LogP contribution in [0.4, 0.5) is 0 Å². The Morgan fingerprint density at radius 3 is 0.656 bits per heavy atom. The second-order valence-electron chi connectivity index (χ2n) is 34.4. The number of unbranched alkanes of at least 4 members (excludes halogenated alkanes) is 28. The summed E-state index contributed by atoms with van der Waals surface area (Å²) in [6, 6.07) is 38.0. The molecule has 0 aliphatic carbocycles. The van der Waals surface area contributed by atoms with Gasteiger partial charge in [-0.2, -0.15) is 0 Å². The fourth-order valence-corrected chi connectivity index (χ4v) is 15.8. The lowest BCUT2D eigenvalue weighted by Gasteiger charge is -2.33. The zero-order valence-corrected chi connectivity index (χ0v) is 79.5. The zero-order chi connectivity index (χ0) is 92.8. The second kappa shape index (κ2) is 71.7. The molecule has 0 bridgehead atoms. The van der Waals surface area contributed by atoms with Gasteiger partial charge in [0.15, 0.2) is 0 Å². The lowest BCUT2D eigenvalue weighted by molar-refractivity contribution is -0.149. The zero-order valence-electron chi connectivity index (χ0n) is 79.5. The minimum atomic E-state index is -0.639. The van der Waals surface area contributed by atoms with Crippen molar-refractivity contribution in [3.05, 3.63) is 144 Å². The fourth-order valence-electron chi connectivity index (χ4n) is 15.8. The highest BCUT2D eigenvalue weighted by atomic mass is 16.5. The first kappa shape index (κ1) is 111. The van der Waals surface area contributed by atoms with Crippen LogP contribution in [0.1, 0.15) is 262 Å². The number of nitrogens with two attached hydrogens (primary N) is 3. The van der Waals surface area contributed by atoms with Crippen molar-refractivity contribution in [1.29, 1.82) is 0 Å². The van der Waals surface area contributed by atoms with Crippen LogP contribution in [0.2, 0.25) is 0 Å². The summed E-state index contributed by atoms with van der Waals surface area (Å²) in [4.78, 5) is 178. The number of nitrogens with zero attached hydrogens (tertiary/aromatic N) is 10. The van der Waals surface area contributed by atoms with Crippen molar-refractivity contribution in [2.75, 3.05) is 170 Å². The minimum absolute atomic E-state index is 0.0229. The highest BCUT2D eigenvalue weighted by Gasteiger charge is 2.33. The molecule has 4 rings (SSSR count). The first-order valence-corrected chi connectivity index (χ1v) is 49.2. The molecule has 0 aromatic heterocycles. The third kappa shape index (κ3) is 50.7. The van der Waals surface area contributed by atoms with Gasteiger partial charge in [-0.15, -0.1) is 0 Å². The van der Waals surface area contributed by atoms with Crippen molar-refractivity contribution in [2.45, 2.75) is 266 Å². The van der Waals surface area contributed by atoms with Gasteiger partial charge in [-0.05, 0) is 80.5 Å². The van der Waals surface area contributed by atoms with Gasteiger partial charge < -0.3 is 76.3 Å². The molecule has 0 saturated heterocycles. The van der Waals surface area contributed by atoms with Crippen LogP contribution >= 0.6 is 0 Å². The molecule has 716 valence electrons. The molecule has 0 heterocycles. The van der Waals surface area contributed by atoms with Gasteiger partial charge in [-0.25, -0.2) is 0 Å². The maximum absolute atomic E-state index is 15.7. The summed E-state index contributed by atoms with van der Waals surface area (Å²) in [5, 5.41) is 3.07. The van der Waals surface area contributed by atoms with Crippen molar-refractivity contribution in [3.63, 3.8) is 0 Å². The Bertz CT molecular complexity index is 3660. The first-order valence-electron chi connectivity index (χ1n) is 49.2. The van der Waals surface area contributed by atoms with Crippen LogP contribution in [-0.2, 0) is 83.2 Å². The van der Waals surface area contributed by atoms with Gasteiger partial charge in [0.1, 0.15) is 0 Å². The van der Waals surface area contributed by atoms with Crippen molar-refractivity contribution >= 4 is 65.0 Å². The molecule has 128 heavy (non-hydrogen) atoms. The summed E-state index contributed by atoms with van der Waals surface area (Å²) in [5.41, 5.74) is 21.7. The number of nitrogens with one attached hydrogen (secondary N) is 1. The molecule has 26 heteroatoms. The molecule has 0 fully saturated rings. The number of rotatable bonds is 78. The normalized spacial score (nSPS) is 11.1. The van der Waals surface area contributed by atoms with Gasteiger partial charge in [-0.3, -0.25) is 52.7 Å². The monoisotopic (exact) mass is 1780 g/mol. The predicted molar refractivity (Wildman–Crippen MR) is 513 cm³/mol. The van der Waals surface area contributed by atoms with Crippen LogP contribution in [0.5, 0.6) is 0 Å². The SMILES string of the molecule is CCCCCCCCCCN(CC(N)=O)C(=O)CN(CCCCCCCCCC)C(=O)CN(CCCCCCCCCC)C(=O)CN(CCCCCCCCCC)C(=O)CN(CCc1ccccc1)C(=O)CN(CCc1ccccc1)C(=O)CN(CCN)C(=O)CN(CCc1ccccc1)C(=O)CN(CCc1ccccc1)C(=O)CN(CCN)C(=O)CNCCOCC. The molecule has 7 N–H and O–H groups in total. The van der Waals surface area contributed by atoms with E-state index in [1.807, 2.05) is 128 Å². The molecular weight excluding hydrogens is 1610 g/mol. The van der Waals surface area contributed by atoms with E-state index in [1.165, 1.54) is 58.5 Å². The standard InChI is InChI=1S/C102H166N14O12/c1-6-11-15-19-23-27-31-47-66-107(78-92(105)117)94(119)79-108(67-48-32-28-24-20-16-12-7-2)95(120)80-109(68-49-33-29-25-21-17-13-8-3)96(121)81-110(69-50-34-30-26-22-18-14-9-4)97(122)82-111(70-59-88-51-39-35-40-52-88)98(123)84-113(72-61-90-55-43-37-44-56-90)101(126)87-116(75-64-104)102(127)85-114(73-62-91-57-45-38-46-58-91)99(124)83-112(71-60-89-53-41-36-42-54-89)100(125)86-115(74-63-103)93(118)77-106-65-76-128-10-5/h35-46,51-58,106H,6-34,47-50,59-87,103-104H2,1-5H3,(H2,105,117). The Hall–Kier alpha value is -9.11. The lowest BCUT2D eigenvalue weighted by Crippen LogP contribution is -2.54. The van der Waals surface area contributed by atoms with E-state index < -0.39 is 85.9 Å². The molecular formula is C102H166N14O12. The summed E-state index contributed by atoms with van der Waals surface area (Å²) in [6.45, 7) is 8.99. The maximum atomic E-state index is 15.7. The third-order valence-electron chi connectivity index (χ3n) is 23.7. The first-order chi connectivity index (χ1) is 62.3. The van der Waals surface area contributed by atoms with Gasteiger partial charge in [0, 0.05) is 91.7 Å². The van der Waals surface area contributed by atoms with E-state index in [9.17, 15) is 19.2 Å². The number of hydrogen-bond acceptors (Lipinski definition) is 15. The van der Waals surface area contributed by atoms with Crippen LogP contribution in [-0.4, -0.2) is 284 Å². The molecule has 0 unspecified atom stereocenters. The number of carbonyl (C=O) groups excluding carboxylic acids is 11. The van der Waals surface area contributed by atoms with Crippen molar-refractivity contribution in [1.82, 2.24) is 54.3 Å². The Morgan fingerprint density at radius 1 is 0.250 bits per heavy atom. The van der Waals surface area contributed by atoms with Crippen molar-refractivity contribution in [3.8, 4) is 0 Å². The van der Waals surface area contributed by atoms with Crippen LogP contribution in [0, 0.1) is 0 Å². The van der Waals surface area contributed by atoms with Crippen LogP contribution in [0.25, 0.3) is 0 Å². The minimum Gasteiger partial charge on any atom is -0.380 e. The second-order valence-corrected chi connectivity index (χ2v) is 34.4. The summed E-state index contributed by atoms with van der Waals surface area (Å²) in [6.07, 6.45) is 33.5. The molecule has 0 saturated carbocycles. The summed E-state index contributed by atoms with van der Waals surface area (Å²) in [7, 11) is 0. The summed E-state index contributed by atoms with van der Waals surface area (Å²) < 4.78 is 5.43. The molecule has 4 aromatic rings. The van der Waals surface area contributed by atoms with Gasteiger partial charge in [0.05, 0.1) is 78.6 Å². The number of ether oxygens (including phenoxy) is 1. The lowest BCUT2D eigenvalue weighted by atomic mass is 10.1. The van der Waals surface area contributed by atoms with Gasteiger partial charge in [0.25, 0.3) is 0 Å². The molecule has 0 radical (unpaired) electrons. The van der Waals surface area contributed by atoms with Crippen LogP contribution < -0.4 is 22.5 Å². The molecule has 11 amide bonds. The van der Waals surface area contributed by atoms with Gasteiger partial charge in [-0.1, -0.05) is 329 Å². The molecule has 0 aliphatic heterocycles. The summed E-state index contributed by atoms with van der Waals surface area (Å²) >= 11 is 0. The number of hydrogen-bond donors (Lipinski definition) is 4. The molecule has 4 aromatic carbocycles. The van der Waals surface area contributed by atoms with E-state index >= 15 is 33.6 Å². The quantitative estimate of drug-likeness (QED) is 0.0299. The Balaban J connectivity index is 1.77. The topological polar surface area (TPSA) is 319 Å². The molecule has 0 atom stereocenters. The highest BCUT2D eigenvalue weighted by Crippen LogP contribution is 2.19. The van der Waals surface area contributed by atoms with E-state index in [1.54, 1.807) is 9.80 Å². The largest absolute Gasteiger partial charge is 0.380 e. The molecule has 0 spiro atoms. The Morgan fingerprint density at radius 2 is 0.445 bits per heavy atom. The number of benzene rings is 4. The Kier molecular flexibility index (Phi) is 62.3. The van der Waals surface area contributed by atoms with E-state index in [-0.39, 0.29) is 123 Å². The van der Waals surface area contributed by atoms with Crippen molar-refractivity contribution < 1.29 is 57.5 Å². The highest BCUT2D eigenvalue weighted by molar-refractivity contribution is 5.95. The van der Waals surface area contributed by atoms with Crippen molar-refractivity contribution in [2.24, 2.45) is 17.2 Å². The average Bonchev–Trinajstić information content (AvgIpc) is 0.852. The Labute approximate surface area is 769 Å². The predicted octanol–water partition coefficient (Wildman–Crippen LogP) is 12.8. The van der Waals surface area contributed by atoms with E-state index in [4.69, 9.17) is 21.9 Å². The number of primary amides is 1. The van der Waals surface area contributed by atoms with E-state index in [0.717, 1.165) is 183 Å². The third-order valence-corrected chi connectivity index (χ3v) is 23.7. The fraction of sp³-hybridized carbons (Fsp3) is 0.657. The average molecular weight is 1780 g/mol. The summed E-state index contributed by atoms with van der Waals surface area (Å²) in [5.74, 6) is -5.53. The van der Waals surface area contributed by atoms with Crippen LogP contribution in [0.15, 0.2) is 121 Å². The van der Waals surface area contributed by atoms with Gasteiger partial charge in [0.2, 0.25) is 65.0 Å². The van der Waals surface area contributed by atoms with Crippen LogP contribution in [0.3, 0.4) is 0 Å².